The van der Waals surface area contributed by atoms with Gasteiger partial charge in [-0.05, 0) is 12.8 Å². The molecular weight excluding hydrogens is 242 g/mol. The minimum absolute atomic E-state index is 0.0620. The van der Waals surface area contributed by atoms with Crippen molar-refractivity contribution < 1.29 is 0 Å². The molecule has 1 aromatic heterocycles. The van der Waals surface area contributed by atoms with Crippen LogP contribution in [-0.4, -0.2) is 15.7 Å². The molecule has 0 saturated carbocycles. The molecule has 0 aliphatic rings. The lowest BCUT2D eigenvalue weighted by molar-refractivity contribution is 0.538. The second-order valence-corrected chi connectivity index (χ2v) is 6.95. The molecular formula is C14H25N3S. The molecule has 0 spiro atoms. The number of hydrogen-bond donors (Lipinski definition) is 1. The molecule has 0 bridgehead atoms. The van der Waals surface area contributed by atoms with E-state index in [1.807, 2.05) is 6.92 Å². The van der Waals surface area contributed by atoms with Gasteiger partial charge in [-0.3, -0.25) is 0 Å². The number of nitrogen functional groups attached to an aromatic ring is 1. The van der Waals surface area contributed by atoms with Crippen molar-refractivity contribution in [2.75, 3.05) is 11.5 Å². The van der Waals surface area contributed by atoms with Crippen molar-refractivity contribution in [3.63, 3.8) is 0 Å². The minimum Gasteiger partial charge on any atom is -0.383 e. The van der Waals surface area contributed by atoms with Gasteiger partial charge in [0.15, 0.2) is 0 Å². The fraction of sp³-hybridized carbons (Fsp3) is 0.714. The lowest BCUT2D eigenvalue weighted by Gasteiger charge is -2.19. The highest BCUT2D eigenvalue weighted by molar-refractivity contribution is 7.99. The molecule has 0 radical (unpaired) electrons. The summed E-state index contributed by atoms with van der Waals surface area (Å²) in [6, 6.07) is 0. The van der Waals surface area contributed by atoms with Crippen LogP contribution in [0.4, 0.5) is 5.82 Å². The van der Waals surface area contributed by atoms with Gasteiger partial charge in [0.05, 0.1) is 0 Å². The number of thioether (sulfide) groups is 1. The lowest BCUT2D eigenvalue weighted by atomic mass is 9.95. The first kappa shape index (κ1) is 15.3. The van der Waals surface area contributed by atoms with Crippen molar-refractivity contribution in [1.29, 1.82) is 0 Å². The first-order valence-corrected chi connectivity index (χ1v) is 7.51. The Morgan fingerprint density at radius 1 is 1.28 bits per heavy atom. The van der Waals surface area contributed by atoms with Crippen molar-refractivity contribution in [2.24, 2.45) is 5.92 Å². The number of nitrogens with two attached hydrogens (primary N) is 1. The van der Waals surface area contributed by atoms with E-state index in [2.05, 4.69) is 44.6 Å². The highest BCUT2D eigenvalue weighted by Gasteiger charge is 2.20. The van der Waals surface area contributed by atoms with Gasteiger partial charge < -0.3 is 5.73 Å². The van der Waals surface area contributed by atoms with E-state index in [0.29, 0.717) is 11.7 Å². The second-order valence-electron chi connectivity index (χ2n) is 5.94. The van der Waals surface area contributed by atoms with Crippen LogP contribution in [0.3, 0.4) is 0 Å². The Bertz CT molecular complexity index is 410. The van der Waals surface area contributed by atoms with Gasteiger partial charge in [-0.15, -0.1) is 11.8 Å². The van der Waals surface area contributed by atoms with Crippen molar-refractivity contribution in [1.82, 2.24) is 9.97 Å². The Labute approximate surface area is 115 Å². The molecule has 1 heterocycles. The van der Waals surface area contributed by atoms with Gasteiger partial charge in [0.25, 0.3) is 0 Å². The molecule has 4 heteroatoms. The molecule has 0 aliphatic heterocycles. The van der Waals surface area contributed by atoms with E-state index >= 15 is 0 Å². The first-order valence-electron chi connectivity index (χ1n) is 6.53. The zero-order valence-electron chi connectivity index (χ0n) is 12.4. The molecule has 2 N–H and O–H groups in total. The summed E-state index contributed by atoms with van der Waals surface area (Å²) >= 11 is 1.79. The van der Waals surface area contributed by atoms with Crippen LogP contribution in [0.25, 0.3) is 0 Å². The molecule has 102 valence electrons. The smallest absolute Gasteiger partial charge is 0.137 e. The number of hydrogen-bond acceptors (Lipinski definition) is 4. The lowest BCUT2D eigenvalue weighted by Crippen LogP contribution is -2.18. The van der Waals surface area contributed by atoms with Gasteiger partial charge in [-0.1, -0.05) is 41.0 Å². The molecule has 1 rings (SSSR count). The summed E-state index contributed by atoms with van der Waals surface area (Å²) in [5, 5.41) is 1.03. The van der Waals surface area contributed by atoms with Crippen molar-refractivity contribution >= 4 is 17.6 Å². The number of anilines is 1. The standard InChI is InChI=1S/C14H25N3S/c1-7-9(2)8-18-12-10(3)11(15)16-13(17-12)14(4,5)6/h9H,7-8H2,1-6H3,(H2,15,16,17). The number of nitrogens with zero attached hydrogens (tertiary/aromatic N) is 2. The van der Waals surface area contributed by atoms with Gasteiger partial charge in [0.1, 0.15) is 16.7 Å². The highest BCUT2D eigenvalue weighted by Crippen LogP contribution is 2.29. The van der Waals surface area contributed by atoms with Crippen LogP contribution in [0, 0.1) is 12.8 Å². The predicted molar refractivity (Wildman–Crippen MR) is 80.1 cm³/mol. The van der Waals surface area contributed by atoms with Crippen LogP contribution < -0.4 is 5.73 Å². The SMILES string of the molecule is CCC(C)CSc1nc(C(C)(C)C)nc(N)c1C. The maximum Gasteiger partial charge on any atom is 0.137 e. The molecule has 3 nitrogen and oxygen atoms in total. The monoisotopic (exact) mass is 267 g/mol. The zero-order valence-corrected chi connectivity index (χ0v) is 13.2. The Morgan fingerprint density at radius 3 is 2.39 bits per heavy atom. The second kappa shape index (κ2) is 5.91. The maximum absolute atomic E-state index is 5.99. The quantitative estimate of drug-likeness (QED) is 0.666. The van der Waals surface area contributed by atoms with Crippen LogP contribution >= 0.6 is 11.8 Å². The van der Waals surface area contributed by atoms with E-state index < -0.39 is 0 Å². The molecule has 1 aromatic rings. The molecule has 0 aromatic carbocycles. The summed E-state index contributed by atoms with van der Waals surface area (Å²) in [4.78, 5) is 9.09. The third-order valence-corrected chi connectivity index (χ3v) is 4.42. The highest BCUT2D eigenvalue weighted by atomic mass is 32.2. The molecule has 18 heavy (non-hydrogen) atoms. The summed E-state index contributed by atoms with van der Waals surface area (Å²) in [7, 11) is 0. The number of aromatic nitrogens is 2. The normalized spacial score (nSPS) is 13.7. The fourth-order valence-corrected chi connectivity index (χ4v) is 2.48. The fourth-order valence-electron chi connectivity index (χ4n) is 1.33. The molecule has 1 unspecified atom stereocenters. The summed E-state index contributed by atoms with van der Waals surface area (Å²) < 4.78 is 0. The third kappa shape index (κ3) is 3.87. The summed E-state index contributed by atoms with van der Waals surface area (Å²) in [6.07, 6.45) is 1.19. The van der Waals surface area contributed by atoms with E-state index in [9.17, 15) is 0 Å². The third-order valence-electron chi connectivity index (χ3n) is 3.01. The van der Waals surface area contributed by atoms with E-state index in [-0.39, 0.29) is 5.41 Å². The first-order chi connectivity index (χ1) is 8.25. The molecule has 0 amide bonds. The predicted octanol–water partition coefficient (Wildman–Crippen LogP) is 3.80. The topological polar surface area (TPSA) is 51.8 Å². The maximum atomic E-state index is 5.99. The van der Waals surface area contributed by atoms with Crippen molar-refractivity contribution in [3.05, 3.63) is 11.4 Å². The van der Waals surface area contributed by atoms with E-state index in [4.69, 9.17) is 5.73 Å². The van der Waals surface area contributed by atoms with Crippen LogP contribution in [0.5, 0.6) is 0 Å². The molecule has 0 fully saturated rings. The summed E-state index contributed by atoms with van der Waals surface area (Å²) in [5.41, 5.74) is 6.94. The van der Waals surface area contributed by atoms with Crippen LogP contribution in [0.15, 0.2) is 5.03 Å². The Balaban J connectivity index is 3.00. The van der Waals surface area contributed by atoms with Gasteiger partial charge in [-0.25, -0.2) is 9.97 Å². The van der Waals surface area contributed by atoms with Crippen molar-refractivity contribution in [3.8, 4) is 0 Å². The molecule has 1 atom stereocenters. The van der Waals surface area contributed by atoms with Crippen LogP contribution in [-0.2, 0) is 5.41 Å². The summed E-state index contributed by atoms with van der Waals surface area (Å²) in [6.45, 7) is 12.8. The average molecular weight is 267 g/mol. The van der Waals surface area contributed by atoms with E-state index in [0.717, 1.165) is 22.2 Å². The van der Waals surface area contributed by atoms with E-state index in [1.54, 1.807) is 11.8 Å². The van der Waals surface area contributed by atoms with Crippen LogP contribution in [0.1, 0.15) is 52.4 Å². The molecule has 0 aliphatic carbocycles. The average Bonchev–Trinajstić information content (AvgIpc) is 2.28. The largest absolute Gasteiger partial charge is 0.383 e. The van der Waals surface area contributed by atoms with Gasteiger partial charge in [0.2, 0.25) is 0 Å². The van der Waals surface area contributed by atoms with Crippen LogP contribution in [0.2, 0.25) is 0 Å². The molecule has 0 saturated heterocycles. The zero-order chi connectivity index (χ0) is 13.9. The Morgan fingerprint density at radius 2 is 1.89 bits per heavy atom. The Hall–Kier alpha value is -0.770. The Kier molecular flexibility index (Phi) is 5.02. The van der Waals surface area contributed by atoms with E-state index in [1.165, 1.54) is 6.42 Å². The minimum atomic E-state index is -0.0620. The number of rotatable bonds is 4. The van der Waals surface area contributed by atoms with Gasteiger partial charge in [0, 0.05) is 16.7 Å². The summed E-state index contributed by atoms with van der Waals surface area (Å²) in [5.74, 6) is 3.22. The van der Waals surface area contributed by atoms with Gasteiger partial charge >= 0.3 is 0 Å². The van der Waals surface area contributed by atoms with Gasteiger partial charge in [-0.2, -0.15) is 0 Å². The van der Waals surface area contributed by atoms with Crippen molar-refractivity contribution in [2.45, 2.75) is 58.4 Å².